The average molecular weight is 377 g/mol. The Morgan fingerprint density at radius 1 is 1.22 bits per heavy atom. The molecule has 1 aliphatic rings. The number of halogens is 2. The molecule has 0 radical (unpaired) electrons. The van der Waals surface area contributed by atoms with Gasteiger partial charge in [0.15, 0.2) is 11.6 Å². The third-order valence-electron chi connectivity index (χ3n) is 4.07. The van der Waals surface area contributed by atoms with Crippen molar-refractivity contribution in [1.29, 1.82) is 0 Å². The Morgan fingerprint density at radius 3 is 2.70 bits per heavy atom. The van der Waals surface area contributed by atoms with Gasteiger partial charge in [-0.3, -0.25) is 4.79 Å². The molecule has 1 aliphatic heterocycles. The predicted octanol–water partition coefficient (Wildman–Crippen LogP) is 2.98. The fraction of sp³-hybridized carbons (Fsp3) is 0.222. The third kappa shape index (κ3) is 3.91. The molecule has 0 fully saturated rings. The zero-order valence-corrected chi connectivity index (χ0v) is 14.3. The van der Waals surface area contributed by atoms with E-state index in [1.807, 2.05) is 0 Å². The Labute approximate surface area is 153 Å². The molecule has 0 saturated heterocycles. The minimum Gasteiger partial charge on any atom is -0.492 e. The largest absolute Gasteiger partial charge is 0.492 e. The number of hydrogen-bond donors (Lipinski definition) is 3. The molecule has 9 heteroatoms. The fourth-order valence-electron chi connectivity index (χ4n) is 2.82. The number of benzene rings is 2. The lowest BCUT2D eigenvalue weighted by atomic mass is 9.96. The van der Waals surface area contributed by atoms with Crippen molar-refractivity contribution in [3.63, 3.8) is 0 Å². The molecule has 0 aliphatic carbocycles. The first-order chi connectivity index (χ1) is 12.9. The molecule has 2 aromatic carbocycles. The van der Waals surface area contributed by atoms with Gasteiger partial charge in [0.2, 0.25) is 0 Å². The number of hydrogen-bond acceptors (Lipinski definition) is 5. The van der Waals surface area contributed by atoms with Crippen molar-refractivity contribution in [3.05, 3.63) is 53.1 Å². The molecule has 1 atom stereocenters. The van der Waals surface area contributed by atoms with Crippen molar-refractivity contribution >= 4 is 23.4 Å². The minimum atomic E-state index is -1.08. The summed E-state index contributed by atoms with van der Waals surface area (Å²) >= 11 is 0. The average Bonchev–Trinajstić information content (AvgIpc) is 2.64. The number of anilines is 2. The van der Waals surface area contributed by atoms with E-state index in [0.29, 0.717) is 12.0 Å². The van der Waals surface area contributed by atoms with Gasteiger partial charge in [-0.2, -0.15) is 0 Å². The normalized spacial score (nSPS) is 15.3. The van der Waals surface area contributed by atoms with E-state index >= 15 is 0 Å². The fourth-order valence-corrected chi connectivity index (χ4v) is 2.82. The smallest absolute Gasteiger partial charge is 0.407 e. The van der Waals surface area contributed by atoms with Crippen LogP contribution >= 0.6 is 0 Å². The number of rotatable bonds is 3. The van der Waals surface area contributed by atoms with Crippen LogP contribution in [0.4, 0.5) is 25.0 Å². The molecule has 0 aromatic heterocycles. The Balaban J connectivity index is 1.92. The summed E-state index contributed by atoms with van der Waals surface area (Å²) < 4.78 is 36.6. The molecule has 3 rings (SSSR count). The van der Waals surface area contributed by atoms with Crippen molar-refractivity contribution in [2.75, 3.05) is 24.8 Å². The first kappa shape index (κ1) is 18.4. The first-order valence-corrected chi connectivity index (χ1v) is 8.06. The highest BCUT2D eigenvalue weighted by Gasteiger charge is 2.28. The molecular weight excluding hydrogens is 360 g/mol. The lowest BCUT2D eigenvalue weighted by Crippen LogP contribution is -2.33. The van der Waals surface area contributed by atoms with Crippen LogP contribution in [-0.4, -0.2) is 25.7 Å². The number of methoxy groups -OCH3 is 1. The van der Waals surface area contributed by atoms with Crippen molar-refractivity contribution in [3.8, 4) is 5.75 Å². The summed E-state index contributed by atoms with van der Waals surface area (Å²) in [6, 6.07) is 5.58. The molecule has 142 valence electrons. The standard InChI is InChI=1S/C18H17F2N3O4/c1-26-18(25)23-15-4-5-27-16-11(15)6-9(21)7-12(16)17(24)22-10-2-3-13(19)14(20)8-10/h2-3,6-8,15H,4-5,21H2,1H3,(H,22,24)(H,23,25)/t15-/m0/s1. The van der Waals surface area contributed by atoms with E-state index in [2.05, 4.69) is 15.4 Å². The molecule has 2 amide bonds. The lowest BCUT2D eigenvalue weighted by molar-refractivity contribution is 0.102. The van der Waals surface area contributed by atoms with Crippen LogP contribution < -0.4 is 21.1 Å². The molecule has 4 N–H and O–H groups in total. The van der Waals surface area contributed by atoms with Gasteiger partial charge in [-0.25, -0.2) is 13.6 Å². The van der Waals surface area contributed by atoms with Crippen LogP contribution in [0.2, 0.25) is 0 Å². The second-order valence-corrected chi connectivity index (χ2v) is 5.90. The number of carbonyl (C=O) groups excluding carboxylic acids is 2. The van der Waals surface area contributed by atoms with E-state index in [1.54, 1.807) is 6.07 Å². The summed E-state index contributed by atoms with van der Waals surface area (Å²) in [5, 5.41) is 5.14. The number of amides is 2. The maximum absolute atomic E-state index is 13.4. The zero-order valence-electron chi connectivity index (χ0n) is 14.3. The second-order valence-electron chi connectivity index (χ2n) is 5.90. The molecule has 2 aromatic rings. The number of carbonyl (C=O) groups is 2. The van der Waals surface area contributed by atoms with Crippen LogP contribution in [0.3, 0.4) is 0 Å². The zero-order chi connectivity index (χ0) is 19.6. The van der Waals surface area contributed by atoms with Gasteiger partial charge in [0.05, 0.1) is 25.3 Å². The number of alkyl carbamates (subject to hydrolysis) is 1. The predicted molar refractivity (Wildman–Crippen MR) is 93.6 cm³/mol. The van der Waals surface area contributed by atoms with Gasteiger partial charge < -0.3 is 25.8 Å². The van der Waals surface area contributed by atoms with Crippen molar-refractivity contribution in [2.45, 2.75) is 12.5 Å². The van der Waals surface area contributed by atoms with Gasteiger partial charge in [-0.05, 0) is 24.3 Å². The molecular formula is C18H17F2N3O4. The Morgan fingerprint density at radius 2 is 2.00 bits per heavy atom. The van der Waals surface area contributed by atoms with E-state index in [-0.39, 0.29) is 29.3 Å². The first-order valence-electron chi connectivity index (χ1n) is 8.06. The van der Waals surface area contributed by atoms with E-state index in [4.69, 9.17) is 10.5 Å². The summed E-state index contributed by atoms with van der Waals surface area (Å²) in [6.07, 6.45) is -0.154. The summed E-state index contributed by atoms with van der Waals surface area (Å²) in [5.74, 6) is -2.45. The molecule has 1 heterocycles. The third-order valence-corrected chi connectivity index (χ3v) is 4.07. The quantitative estimate of drug-likeness (QED) is 0.714. The number of fused-ring (bicyclic) bond motifs is 1. The van der Waals surface area contributed by atoms with E-state index < -0.39 is 29.7 Å². The van der Waals surface area contributed by atoms with Gasteiger partial charge in [0, 0.05) is 29.4 Å². The number of ether oxygens (including phenoxy) is 2. The molecule has 0 spiro atoms. The summed E-state index contributed by atoms with van der Waals surface area (Å²) in [5.41, 5.74) is 6.90. The maximum atomic E-state index is 13.4. The van der Waals surface area contributed by atoms with Crippen molar-refractivity contribution in [1.82, 2.24) is 5.32 Å². The summed E-state index contributed by atoms with van der Waals surface area (Å²) in [4.78, 5) is 24.2. The Kier molecular flexibility index (Phi) is 5.11. The highest BCUT2D eigenvalue weighted by Crippen LogP contribution is 2.37. The van der Waals surface area contributed by atoms with Crippen LogP contribution in [0.5, 0.6) is 5.75 Å². The second kappa shape index (κ2) is 7.48. The molecule has 0 saturated carbocycles. The SMILES string of the molecule is COC(=O)N[C@H]1CCOc2c(C(=O)Nc3ccc(F)c(F)c3)cc(N)cc21. The van der Waals surface area contributed by atoms with Crippen LogP contribution in [0, 0.1) is 11.6 Å². The number of nitrogens with one attached hydrogen (secondary N) is 2. The summed E-state index contributed by atoms with van der Waals surface area (Å²) in [7, 11) is 1.25. The number of nitrogens with two attached hydrogens (primary N) is 1. The van der Waals surface area contributed by atoms with Crippen molar-refractivity contribution < 1.29 is 27.8 Å². The van der Waals surface area contributed by atoms with Crippen LogP contribution in [-0.2, 0) is 4.74 Å². The van der Waals surface area contributed by atoms with Gasteiger partial charge in [-0.15, -0.1) is 0 Å². The topological polar surface area (TPSA) is 103 Å². The van der Waals surface area contributed by atoms with E-state index in [9.17, 15) is 18.4 Å². The van der Waals surface area contributed by atoms with E-state index in [1.165, 1.54) is 19.2 Å². The molecule has 0 bridgehead atoms. The lowest BCUT2D eigenvalue weighted by Gasteiger charge is -2.28. The van der Waals surface area contributed by atoms with E-state index in [0.717, 1.165) is 12.1 Å². The van der Waals surface area contributed by atoms with Gasteiger partial charge >= 0.3 is 6.09 Å². The minimum absolute atomic E-state index is 0.0788. The van der Waals surface area contributed by atoms with Crippen LogP contribution in [0.15, 0.2) is 30.3 Å². The molecule has 27 heavy (non-hydrogen) atoms. The highest BCUT2D eigenvalue weighted by atomic mass is 19.2. The molecule has 0 unspecified atom stereocenters. The van der Waals surface area contributed by atoms with Gasteiger partial charge in [0.25, 0.3) is 5.91 Å². The Bertz CT molecular complexity index is 904. The molecule has 7 nitrogen and oxygen atoms in total. The van der Waals surface area contributed by atoms with Crippen LogP contribution in [0.25, 0.3) is 0 Å². The van der Waals surface area contributed by atoms with Gasteiger partial charge in [-0.1, -0.05) is 0 Å². The van der Waals surface area contributed by atoms with Crippen LogP contribution in [0.1, 0.15) is 28.4 Å². The van der Waals surface area contributed by atoms with Crippen molar-refractivity contribution in [2.24, 2.45) is 0 Å². The van der Waals surface area contributed by atoms with Gasteiger partial charge in [0.1, 0.15) is 5.75 Å². The number of nitrogen functional groups attached to an aromatic ring is 1. The Hall–Kier alpha value is -3.36. The highest BCUT2D eigenvalue weighted by molar-refractivity contribution is 6.07. The maximum Gasteiger partial charge on any atom is 0.407 e. The summed E-state index contributed by atoms with van der Waals surface area (Å²) in [6.45, 7) is 0.261. The monoisotopic (exact) mass is 377 g/mol.